The maximum absolute atomic E-state index is 10.5. The highest BCUT2D eigenvalue weighted by atomic mass is 16.6. The van der Waals surface area contributed by atoms with Crippen molar-refractivity contribution < 1.29 is 9.66 Å². The summed E-state index contributed by atoms with van der Waals surface area (Å²) in [6.45, 7) is 2.12. The summed E-state index contributed by atoms with van der Waals surface area (Å²) in [5.41, 5.74) is 1.64. The van der Waals surface area contributed by atoms with Gasteiger partial charge in [-0.15, -0.1) is 0 Å². The van der Waals surface area contributed by atoms with Crippen LogP contribution in [0.3, 0.4) is 0 Å². The van der Waals surface area contributed by atoms with Crippen molar-refractivity contribution in [1.29, 1.82) is 0 Å². The fourth-order valence-electron chi connectivity index (χ4n) is 1.11. The number of benzene rings is 1. The summed E-state index contributed by atoms with van der Waals surface area (Å²) < 4.78 is 4.88. The highest BCUT2D eigenvalue weighted by molar-refractivity contribution is 5.42. The van der Waals surface area contributed by atoms with Gasteiger partial charge in [-0.2, -0.15) is 0 Å². The van der Waals surface area contributed by atoms with Gasteiger partial charge in [0.1, 0.15) is 0 Å². The first-order chi connectivity index (χ1) is 6.15. The summed E-state index contributed by atoms with van der Waals surface area (Å²) in [7, 11) is 1.56. The molecule has 1 aromatic carbocycles. The Morgan fingerprint density at radius 1 is 1.54 bits per heavy atom. The van der Waals surface area contributed by atoms with Crippen LogP contribution in [0.1, 0.15) is 11.1 Å². The van der Waals surface area contributed by atoms with Crippen molar-refractivity contribution in [2.24, 2.45) is 0 Å². The summed E-state index contributed by atoms with van der Waals surface area (Å²) in [6.07, 6.45) is 0. The zero-order valence-electron chi connectivity index (χ0n) is 7.61. The van der Waals surface area contributed by atoms with Crippen molar-refractivity contribution in [3.05, 3.63) is 39.4 Å². The number of nitrogens with zero attached hydrogens (tertiary/aromatic N) is 1. The third kappa shape index (κ3) is 2.26. The Balaban J connectivity index is 3.04. The van der Waals surface area contributed by atoms with E-state index in [0.717, 1.165) is 5.56 Å². The molecule has 0 atom stereocenters. The van der Waals surface area contributed by atoms with Crippen molar-refractivity contribution in [2.75, 3.05) is 7.11 Å². The predicted octanol–water partition coefficient (Wildman–Crippen LogP) is 2.05. The van der Waals surface area contributed by atoms with Gasteiger partial charge in [0.2, 0.25) is 0 Å². The number of nitro groups is 1. The van der Waals surface area contributed by atoms with Gasteiger partial charge in [-0.25, -0.2) is 0 Å². The summed E-state index contributed by atoms with van der Waals surface area (Å²) in [6, 6.07) is 5.09. The molecule has 0 unspecified atom stereocenters. The standard InChI is InChI=1S/C9H11NO3/c1-7-3-4-8(6-13-2)5-9(7)10(11)12/h3-5H,6H2,1-2H3. The lowest BCUT2D eigenvalue weighted by atomic mass is 10.1. The molecular formula is C9H11NO3. The Morgan fingerprint density at radius 3 is 2.77 bits per heavy atom. The molecular weight excluding hydrogens is 170 g/mol. The largest absolute Gasteiger partial charge is 0.380 e. The van der Waals surface area contributed by atoms with E-state index in [0.29, 0.717) is 12.2 Å². The van der Waals surface area contributed by atoms with Gasteiger partial charge < -0.3 is 4.74 Å². The highest BCUT2D eigenvalue weighted by Crippen LogP contribution is 2.19. The molecule has 0 radical (unpaired) electrons. The van der Waals surface area contributed by atoms with E-state index in [4.69, 9.17) is 4.74 Å². The van der Waals surface area contributed by atoms with E-state index in [2.05, 4.69) is 0 Å². The normalized spacial score (nSPS) is 10.0. The third-order valence-electron chi connectivity index (χ3n) is 1.78. The number of methoxy groups -OCH3 is 1. The number of hydrogen-bond acceptors (Lipinski definition) is 3. The van der Waals surface area contributed by atoms with E-state index < -0.39 is 0 Å². The lowest BCUT2D eigenvalue weighted by Crippen LogP contribution is -1.94. The molecule has 1 rings (SSSR count). The maximum atomic E-state index is 10.5. The van der Waals surface area contributed by atoms with Crippen molar-refractivity contribution in [3.8, 4) is 0 Å². The predicted molar refractivity (Wildman–Crippen MR) is 48.5 cm³/mol. The molecule has 0 spiro atoms. The van der Waals surface area contributed by atoms with Gasteiger partial charge in [-0.1, -0.05) is 12.1 Å². The van der Waals surface area contributed by atoms with Gasteiger partial charge in [-0.05, 0) is 12.5 Å². The second-order valence-corrected chi connectivity index (χ2v) is 2.81. The van der Waals surface area contributed by atoms with Crippen molar-refractivity contribution in [3.63, 3.8) is 0 Å². The molecule has 0 saturated heterocycles. The lowest BCUT2D eigenvalue weighted by Gasteiger charge is -2.01. The summed E-state index contributed by atoms with van der Waals surface area (Å²) in [4.78, 5) is 10.2. The van der Waals surface area contributed by atoms with Gasteiger partial charge in [-0.3, -0.25) is 10.1 Å². The molecule has 0 aromatic heterocycles. The quantitative estimate of drug-likeness (QED) is 0.529. The monoisotopic (exact) mass is 181 g/mol. The van der Waals surface area contributed by atoms with Gasteiger partial charge in [0.25, 0.3) is 5.69 Å². The smallest absolute Gasteiger partial charge is 0.272 e. The molecule has 0 aliphatic carbocycles. The average Bonchev–Trinajstić information content (AvgIpc) is 2.08. The first kappa shape index (κ1) is 9.67. The molecule has 4 nitrogen and oxygen atoms in total. The molecule has 1 aromatic rings. The molecule has 4 heteroatoms. The fraction of sp³-hybridized carbons (Fsp3) is 0.333. The highest BCUT2D eigenvalue weighted by Gasteiger charge is 2.10. The number of ether oxygens (including phenoxy) is 1. The number of rotatable bonds is 3. The summed E-state index contributed by atoms with van der Waals surface area (Å²) in [5.74, 6) is 0. The summed E-state index contributed by atoms with van der Waals surface area (Å²) in [5, 5.41) is 10.5. The molecule has 0 fully saturated rings. The van der Waals surface area contributed by atoms with Crippen LogP contribution < -0.4 is 0 Å². The van der Waals surface area contributed by atoms with Crippen molar-refractivity contribution >= 4 is 5.69 Å². The molecule has 0 N–H and O–H groups in total. The van der Waals surface area contributed by atoms with Crippen LogP contribution in [0.15, 0.2) is 18.2 Å². The van der Waals surface area contributed by atoms with Crippen LogP contribution in [-0.2, 0) is 11.3 Å². The molecule has 13 heavy (non-hydrogen) atoms. The fourth-order valence-corrected chi connectivity index (χ4v) is 1.11. The average molecular weight is 181 g/mol. The maximum Gasteiger partial charge on any atom is 0.272 e. The van der Waals surface area contributed by atoms with Gasteiger partial charge in [0.05, 0.1) is 11.5 Å². The van der Waals surface area contributed by atoms with Gasteiger partial charge in [0, 0.05) is 18.7 Å². The van der Waals surface area contributed by atoms with Crippen LogP contribution in [0.2, 0.25) is 0 Å². The Bertz CT molecular complexity index is 323. The zero-order valence-corrected chi connectivity index (χ0v) is 7.61. The van der Waals surface area contributed by atoms with Crippen LogP contribution in [0.25, 0.3) is 0 Å². The molecule has 0 saturated carbocycles. The van der Waals surface area contributed by atoms with E-state index in [1.54, 1.807) is 26.2 Å². The molecule has 0 aliphatic heterocycles. The van der Waals surface area contributed by atoms with E-state index in [9.17, 15) is 10.1 Å². The Morgan fingerprint density at radius 2 is 2.23 bits per heavy atom. The van der Waals surface area contributed by atoms with E-state index >= 15 is 0 Å². The first-order valence-electron chi connectivity index (χ1n) is 3.88. The molecule has 0 heterocycles. The zero-order chi connectivity index (χ0) is 9.84. The second kappa shape index (κ2) is 4.00. The van der Waals surface area contributed by atoms with E-state index in [1.165, 1.54) is 0 Å². The number of nitro benzene ring substituents is 1. The topological polar surface area (TPSA) is 52.4 Å². The number of aryl methyl sites for hydroxylation is 1. The Hall–Kier alpha value is -1.42. The third-order valence-corrected chi connectivity index (χ3v) is 1.78. The molecule has 0 bridgehead atoms. The SMILES string of the molecule is COCc1ccc(C)c([N+](=O)[O-])c1. The van der Waals surface area contributed by atoms with Crippen LogP contribution in [0.5, 0.6) is 0 Å². The van der Waals surface area contributed by atoms with E-state index in [1.807, 2.05) is 6.07 Å². The molecule has 0 amide bonds. The Kier molecular flexibility index (Phi) is 2.97. The van der Waals surface area contributed by atoms with Gasteiger partial charge in [0.15, 0.2) is 0 Å². The van der Waals surface area contributed by atoms with Crippen LogP contribution in [0, 0.1) is 17.0 Å². The number of hydrogen-bond donors (Lipinski definition) is 0. The molecule has 0 aliphatic rings. The minimum absolute atomic E-state index is 0.148. The van der Waals surface area contributed by atoms with Crippen LogP contribution >= 0.6 is 0 Å². The summed E-state index contributed by atoms with van der Waals surface area (Å²) >= 11 is 0. The lowest BCUT2D eigenvalue weighted by molar-refractivity contribution is -0.385. The minimum Gasteiger partial charge on any atom is -0.380 e. The van der Waals surface area contributed by atoms with E-state index in [-0.39, 0.29) is 10.6 Å². The van der Waals surface area contributed by atoms with Crippen LogP contribution in [0.4, 0.5) is 5.69 Å². The van der Waals surface area contributed by atoms with Crippen LogP contribution in [-0.4, -0.2) is 12.0 Å². The second-order valence-electron chi connectivity index (χ2n) is 2.81. The first-order valence-corrected chi connectivity index (χ1v) is 3.88. The van der Waals surface area contributed by atoms with Gasteiger partial charge >= 0.3 is 0 Å². The Labute approximate surface area is 76.3 Å². The molecule has 70 valence electrons. The van der Waals surface area contributed by atoms with Crippen molar-refractivity contribution in [2.45, 2.75) is 13.5 Å². The van der Waals surface area contributed by atoms with Crippen molar-refractivity contribution in [1.82, 2.24) is 0 Å². The minimum atomic E-state index is -0.380.